The van der Waals surface area contributed by atoms with Gasteiger partial charge in [-0.05, 0) is 57.2 Å². The van der Waals surface area contributed by atoms with Gasteiger partial charge in [-0.25, -0.2) is 18.4 Å². The Balaban J connectivity index is 1.44. The molecule has 8 nitrogen and oxygen atoms in total. The number of benzene rings is 2. The average molecular weight is 468 g/mol. The maximum Gasteiger partial charge on any atom is 0.243 e. The molecule has 0 aliphatic carbocycles. The minimum atomic E-state index is -3.55. The molecule has 1 aromatic heterocycles. The number of nitrogens with one attached hydrogen (secondary N) is 1. The lowest BCUT2D eigenvalue weighted by Gasteiger charge is -2.34. The quantitative estimate of drug-likeness (QED) is 0.566. The molecule has 0 saturated carbocycles. The molecule has 2 aromatic carbocycles. The number of piperazine rings is 1. The molecule has 33 heavy (non-hydrogen) atoms. The van der Waals surface area contributed by atoms with Crippen LogP contribution in [0.15, 0.2) is 59.5 Å². The van der Waals surface area contributed by atoms with Crippen molar-refractivity contribution in [1.29, 1.82) is 0 Å². The van der Waals surface area contributed by atoms with Crippen LogP contribution in [-0.4, -0.2) is 55.5 Å². The number of hydrogen-bond acceptors (Lipinski definition) is 7. The van der Waals surface area contributed by atoms with Crippen LogP contribution in [0.5, 0.6) is 5.75 Å². The van der Waals surface area contributed by atoms with Gasteiger partial charge in [-0.1, -0.05) is 17.7 Å². The molecule has 0 unspecified atom stereocenters. The van der Waals surface area contributed by atoms with E-state index in [-0.39, 0.29) is 4.90 Å². The first-order valence-electron chi connectivity index (χ1n) is 11.0. The van der Waals surface area contributed by atoms with Crippen molar-refractivity contribution in [3.8, 4) is 5.75 Å². The third-order valence-corrected chi connectivity index (χ3v) is 7.40. The van der Waals surface area contributed by atoms with Crippen LogP contribution >= 0.6 is 0 Å². The predicted octanol–water partition coefficient (Wildman–Crippen LogP) is 3.75. The smallest absolute Gasteiger partial charge is 0.243 e. The normalized spacial score (nSPS) is 14.8. The highest BCUT2D eigenvalue weighted by Gasteiger charge is 2.29. The number of hydrogen-bond donors (Lipinski definition) is 1. The maximum absolute atomic E-state index is 13.1. The van der Waals surface area contributed by atoms with Gasteiger partial charge >= 0.3 is 0 Å². The zero-order valence-electron chi connectivity index (χ0n) is 19.2. The lowest BCUT2D eigenvalue weighted by Crippen LogP contribution is -2.49. The van der Waals surface area contributed by atoms with E-state index in [2.05, 4.69) is 20.2 Å². The fourth-order valence-corrected chi connectivity index (χ4v) is 5.17. The summed E-state index contributed by atoms with van der Waals surface area (Å²) in [4.78, 5) is 11.4. The Morgan fingerprint density at radius 2 is 1.61 bits per heavy atom. The molecule has 9 heteroatoms. The van der Waals surface area contributed by atoms with Crippen molar-refractivity contribution in [2.24, 2.45) is 0 Å². The average Bonchev–Trinajstić information content (AvgIpc) is 2.81. The van der Waals surface area contributed by atoms with Gasteiger partial charge in [0.25, 0.3) is 0 Å². The van der Waals surface area contributed by atoms with E-state index in [9.17, 15) is 8.42 Å². The highest BCUT2D eigenvalue weighted by atomic mass is 32.2. The summed E-state index contributed by atoms with van der Waals surface area (Å²) in [5, 5.41) is 3.33. The second kappa shape index (κ2) is 9.76. The molecule has 1 N–H and O–H groups in total. The van der Waals surface area contributed by atoms with Crippen molar-refractivity contribution < 1.29 is 13.2 Å². The number of anilines is 3. The van der Waals surface area contributed by atoms with E-state index in [1.165, 1.54) is 9.87 Å². The van der Waals surface area contributed by atoms with E-state index in [4.69, 9.17) is 4.74 Å². The van der Waals surface area contributed by atoms with E-state index in [1.54, 1.807) is 24.3 Å². The van der Waals surface area contributed by atoms with E-state index in [0.29, 0.717) is 50.2 Å². The summed E-state index contributed by atoms with van der Waals surface area (Å²) < 4.78 is 33.1. The monoisotopic (exact) mass is 467 g/mol. The Kier molecular flexibility index (Phi) is 6.80. The van der Waals surface area contributed by atoms with Crippen LogP contribution in [0.2, 0.25) is 0 Å². The van der Waals surface area contributed by atoms with E-state index in [1.807, 2.05) is 51.1 Å². The maximum atomic E-state index is 13.1. The molecule has 1 fully saturated rings. The summed E-state index contributed by atoms with van der Waals surface area (Å²) in [6.45, 7) is 8.22. The number of nitrogens with zero attached hydrogens (tertiary/aromatic N) is 4. The van der Waals surface area contributed by atoms with Crippen LogP contribution in [0.25, 0.3) is 0 Å². The number of ether oxygens (including phenoxy) is 1. The molecule has 0 atom stereocenters. The van der Waals surface area contributed by atoms with Crippen molar-refractivity contribution in [3.05, 3.63) is 66.0 Å². The molecule has 174 valence electrons. The van der Waals surface area contributed by atoms with Crippen LogP contribution in [0.4, 0.5) is 17.3 Å². The van der Waals surface area contributed by atoms with Gasteiger partial charge in [0.2, 0.25) is 10.0 Å². The summed E-state index contributed by atoms with van der Waals surface area (Å²) >= 11 is 0. The Morgan fingerprint density at radius 1 is 0.939 bits per heavy atom. The van der Waals surface area contributed by atoms with Gasteiger partial charge < -0.3 is 15.0 Å². The zero-order chi connectivity index (χ0) is 23.4. The van der Waals surface area contributed by atoms with Gasteiger partial charge in [0.1, 0.15) is 23.2 Å². The summed E-state index contributed by atoms with van der Waals surface area (Å²) in [6.07, 6.45) is 0. The van der Waals surface area contributed by atoms with Crippen LogP contribution in [0.3, 0.4) is 0 Å². The Bertz CT molecular complexity index is 1190. The molecule has 0 bridgehead atoms. The molecule has 4 rings (SSSR count). The highest BCUT2D eigenvalue weighted by Crippen LogP contribution is 2.24. The molecule has 0 amide bonds. The lowest BCUT2D eigenvalue weighted by atomic mass is 10.2. The van der Waals surface area contributed by atoms with E-state index >= 15 is 0 Å². The lowest BCUT2D eigenvalue weighted by molar-refractivity contribution is 0.340. The van der Waals surface area contributed by atoms with Crippen LogP contribution < -0.4 is 15.0 Å². The molecular weight excluding hydrogens is 438 g/mol. The highest BCUT2D eigenvalue weighted by molar-refractivity contribution is 7.89. The summed E-state index contributed by atoms with van der Waals surface area (Å²) in [6, 6.07) is 16.6. The van der Waals surface area contributed by atoms with Crippen LogP contribution in [0.1, 0.15) is 18.3 Å². The third kappa shape index (κ3) is 5.43. The van der Waals surface area contributed by atoms with Gasteiger partial charge in [0.15, 0.2) is 0 Å². The predicted molar refractivity (Wildman–Crippen MR) is 130 cm³/mol. The number of aromatic nitrogens is 2. The largest absolute Gasteiger partial charge is 0.494 e. The molecule has 2 heterocycles. The molecule has 0 spiro atoms. The van der Waals surface area contributed by atoms with Crippen molar-refractivity contribution >= 4 is 27.3 Å². The van der Waals surface area contributed by atoms with Crippen molar-refractivity contribution in [2.75, 3.05) is 43.0 Å². The first-order valence-corrected chi connectivity index (χ1v) is 12.5. The molecule has 0 radical (unpaired) electrons. The van der Waals surface area contributed by atoms with E-state index in [0.717, 1.165) is 11.5 Å². The van der Waals surface area contributed by atoms with Gasteiger partial charge in [-0.2, -0.15) is 4.31 Å². The van der Waals surface area contributed by atoms with Crippen LogP contribution in [-0.2, 0) is 10.0 Å². The van der Waals surface area contributed by atoms with Gasteiger partial charge in [0, 0.05) is 37.9 Å². The molecule has 1 aliphatic rings. The molecular formula is C24H29N5O3S. The Hall–Kier alpha value is -3.17. The fraction of sp³-hybridized carbons (Fsp3) is 0.333. The molecule has 3 aromatic rings. The summed E-state index contributed by atoms with van der Waals surface area (Å²) in [5.74, 6) is 2.82. The number of aryl methyl sites for hydroxylation is 2. The van der Waals surface area contributed by atoms with Crippen molar-refractivity contribution in [1.82, 2.24) is 14.3 Å². The van der Waals surface area contributed by atoms with Gasteiger partial charge in [-0.3, -0.25) is 0 Å². The van der Waals surface area contributed by atoms with Crippen LogP contribution in [0, 0.1) is 13.8 Å². The first kappa shape index (κ1) is 23.0. The third-order valence-electron chi connectivity index (χ3n) is 5.48. The van der Waals surface area contributed by atoms with Gasteiger partial charge in [0.05, 0.1) is 11.5 Å². The summed E-state index contributed by atoms with van der Waals surface area (Å²) in [5.41, 5.74) is 2.15. The zero-order valence-corrected chi connectivity index (χ0v) is 20.0. The minimum absolute atomic E-state index is 0.280. The molecule has 1 aliphatic heterocycles. The van der Waals surface area contributed by atoms with E-state index < -0.39 is 10.0 Å². The minimum Gasteiger partial charge on any atom is -0.494 e. The van der Waals surface area contributed by atoms with Crippen molar-refractivity contribution in [3.63, 3.8) is 0 Å². The number of sulfonamides is 1. The fourth-order valence-electron chi connectivity index (χ4n) is 3.74. The molecule has 1 saturated heterocycles. The van der Waals surface area contributed by atoms with Gasteiger partial charge in [-0.15, -0.1) is 0 Å². The Labute approximate surface area is 195 Å². The summed E-state index contributed by atoms with van der Waals surface area (Å²) in [7, 11) is -3.55. The topological polar surface area (TPSA) is 87.7 Å². The standard InChI is InChI=1S/C24H29N5O3S/c1-4-32-21-9-11-22(12-10-21)33(30,31)29-15-13-28(14-16-29)24-17-23(25-19(3)26-24)27-20-7-5-18(2)6-8-20/h5-12,17H,4,13-16H2,1-3H3,(H,25,26,27). The number of rotatable bonds is 7. The first-order chi connectivity index (χ1) is 15.8. The second-order valence-electron chi connectivity index (χ2n) is 7.95. The second-order valence-corrected chi connectivity index (χ2v) is 9.88. The Morgan fingerprint density at radius 3 is 2.24 bits per heavy atom. The van der Waals surface area contributed by atoms with Crippen molar-refractivity contribution in [2.45, 2.75) is 25.7 Å². The SMILES string of the molecule is CCOc1ccc(S(=O)(=O)N2CCN(c3cc(Nc4ccc(C)cc4)nc(C)n3)CC2)cc1.